The first kappa shape index (κ1) is 18.6. The van der Waals surface area contributed by atoms with Gasteiger partial charge in [-0.3, -0.25) is 0 Å². The summed E-state index contributed by atoms with van der Waals surface area (Å²) in [7, 11) is 0. The number of nitrogens with zero attached hydrogens (tertiary/aromatic N) is 4. The molecule has 1 atom stereocenters. The zero-order valence-corrected chi connectivity index (χ0v) is 16.7. The monoisotopic (exact) mass is 406 g/mol. The number of nitrogens with two attached hydrogens (primary N) is 2. The van der Waals surface area contributed by atoms with Crippen LogP contribution in [-0.4, -0.2) is 52.2 Å². The summed E-state index contributed by atoms with van der Waals surface area (Å²) in [6.45, 7) is 4.75. The zero-order valence-electron chi connectivity index (χ0n) is 16.7. The number of aromatic nitrogens is 2. The number of aromatic hydroxyl groups is 1. The van der Waals surface area contributed by atoms with Crippen molar-refractivity contribution in [2.75, 3.05) is 31.1 Å². The topological polar surface area (TPSA) is 129 Å². The second kappa shape index (κ2) is 7.42. The number of benzene rings is 1. The summed E-state index contributed by atoms with van der Waals surface area (Å²) in [4.78, 5) is 13.9. The molecule has 0 spiro atoms. The van der Waals surface area contributed by atoms with Gasteiger partial charge >= 0.3 is 0 Å². The SMILES string of the molecule is NC1=C(/C=C(\N)c2ccccc2O)N2CCN(c3ncc4c(n3)CNC4)CC2CN1. The van der Waals surface area contributed by atoms with E-state index >= 15 is 0 Å². The maximum atomic E-state index is 10.1. The largest absolute Gasteiger partial charge is 0.507 e. The van der Waals surface area contributed by atoms with Crippen LogP contribution >= 0.6 is 0 Å². The minimum atomic E-state index is 0.152. The van der Waals surface area contributed by atoms with Gasteiger partial charge in [-0.1, -0.05) is 12.1 Å². The number of phenolic OH excluding ortho intramolecular Hbond substituents is 1. The highest BCUT2D eigenvalue weighted by atomic mass is 16.3. The fourth-order valence-corrected chi connectivity index (χ4v) is 4.31. The third-order valence-corrected chi connectivity index (χ3v) is 5.94. The molecule has 3 aliphatic rings. The van der Waals surface area contributed by atoms with Gasteiger partial charge < -0.3 is 37.0 Å². The molecule has 1 unspecified atom stereocenters. The highest BCUT2D eigenvalue weighted by Crippen LogP contribution is 2.27. The molecule has 156 valence electrons. The highest BCUT2D eigenvalue weighted by molar-refractivity contribution is 5.70. The Balaban J connectivity index is 1.37. The summed E-state index contributed by atoms with van der Waals surface area (Å²) >= 11 is 0. The van der Waals surface area contributed by atoms with Gasteiger partial charge in [0.1, 0.15) is 11.6 Å². The highest BCUT2D eigenvalue weighted by Gasteiger charge is 2.33. The molecule has 0 saturated carbocycles. The van der Waals surface area contributed by atoms with Crippen LogP contribution < -0.4 is 27.0 Å². The van der Waals surface area contributed by atoms with Crippen LogP contribution in [0.3, 0.4) is 0 Å². The van der Waals surface area contributed by atoms with E-state index in [9.17, 15) is 5.11 Å². The van der Waals surface area contributed by atoms with Gasteiger partial charge in [-0.25, -0.2) is 9.97 Å². The Morgan fingerprint density at radius 3 is 2.97 bits per heavy atom. The number of hydrogen-bond acceptors (Lipinski definition) is 9. The molecule has 4 heterocycles. The van der Waals surface area contributed by atoms with Crippen molar-refractivity contribution >= 4 is 11.6 Å². The van der Waals surface area contributed by atoms with Crippen molar-refractivity contribution in [3.8, 4) is 5.75 Å². The number of hydrogen-bond donors (Lipinski definition) is 5. The minimum Gasteiger partial charge on any atom is -0.507 e. The molecule has 1 aromatic carbocycles. The van der Waals surface area contributed by atoms with E-state index in [1.54, 1.807) is 18.2 Å². The van der Waals surface area contributed by atoms with E-state index in [2.05, 4.69) is 25.4 Å². The summed E-state index contributed by atoms with van der Waals surface area (Å²) in [5.74, 6) is 1.53. The standard InChI is InChI=1S/C21H26N8O/c22-16(15-3-1-2-4-19(15)30)7-18-20(23)25-10-14-12-28(5-6-29(14)18)21-26-9-13-8-24-11-17(13)27-21/h1-4,7,9,14,24-25,30H,5-6,8,10-12,22-23H2/b16-7-. The molecule has 9 heteroatoms. The number of allylic oxidation sites excluding steroid dienone is 1. The second-order valence-electron chi connectivity index (χ2n) is 7.84. The van der Waals surface area contributed by atoms with E-state index in [1.807, 2.05) is 18.3 Å². The number of fused-ring (bicyclic) bond motifs is 2. The molecule has 2 aromatic rings. The number of rotatable bonds is 3. The van der Waals surface area contributed by atoms with Crippen LogP contribution in [0.2, 0.25) is 0 Å². The number of phenols is 1. The quantitative estimate of drug-likeness (QED) is 0.479. The van der Waals surface area contributed by atoms with Crippen LogP contribution in [0.15, 0.2) is 48.1 Å². The molecule has 0 bridgehead atoms. The lowest BCUT2D eigenvalue weighted by Gasteiger charge is -2.46. The van der Waals surface area contributed by atoms with E-state index in [1.165, 1.54) is 5.56 Å². The summed E-state index contributed by atoms with van der Waals surface area (Å²) < 4.78 is 0. The van der Waals surface area contributed by atoms with Gasteiger partial charge in [-0.05, 0) is 18.2 Å². The van der Waals surface area contributed by atoms with Gasteiger partial charge in [-0.2, -0.15) is 0 Å². The molecule has 0 aliphatic carbocycles. The maximum absolute atomic E-state index is 10.1. The van der Waals surface area contributed by atoms with E-state index in [0.717, 1.165) is 56.6 Å². The van der Waals surface area contributed by atoms with Crippen molar-refractivity contribution in [3.05, 3.63) is 64.9 Å². The summed E-state index contributed by atoms with van der Waals surface area (Å²) in [6.07, 6.45) is 3.78. The van der Waals surface area contributed by atoms with Crippen molar-refractivity contribution in [2.45, 2.75) is 19.1 Å². The van der Waals surface area contributed by atoms with Crippen molar-refractivity contribution < 1.29 is 5.11 Å². The molecule has 30 heavy (non-hydrogen) atoms. The lowest BCUT2D eigenvalue weighted by atomic mass is 10.1. The number of para-hydroxylation sites is 1. The number of nitrogens with one attached hydrogen (secondary N) is 2. The van der Waals surface area contributed by atoms with Gasteiger partial charge in [-0.15, -0.1) is 0 Å². The Morgan fingerprint density at radius 2 is 2.10 bits per heavy atom. The van der Waals surface area contributed by atoms with E-state index in [-0.39, 0.29) is 11.8 Å². The summed E-state index contributed by atoms with van der Waals surface area (Å²) in [6, 6.07) is 7.25. The van der Waals surface area contributed by atoms with Crippen molar-refractivity contribution in [2.24, 2.45) is 11.5 Å². The molecule has 0 amide bonds. The van der Waals surface area contributed by atoms with Gasteiger partial charge in [0.15, 0.2) is 0 Å². The molecule has 9 nitrogen and oxygen atoms in total. The fraction of sp³-hybridized carbons (Fsp3) is 0.333. The first-order chi connectivity index (χ1) is 14.6. The Bertz CT molecular complexity index is 1030. The van der Waals surface area contributed by atoms with Crippen LogP contribution in [0.4, 0.5) is 5.95 Å². The van der Waals surface area contributed by atoms with Crippen LogP contribution in [0, 0.1) is 0 Å². The maximum Gasteiger partial charge on any atom is 0.225 e. The number of anilines is 1. The smallest absolute Gasteiger partial charge is 0.225 e. The molecule has 3 aliphatic heterocycles. The lowest BCUT2D eigenvalue weighted by molar-refractivity contribution is 0.211. The Labute approximate surface area is 175 Å². The molecule has 0 radical (unpaired) electrons. The first-order valence-corrected chi connectivity index (χ1v) is 10.2. The first-order valence-electron chi connectivity index (χ1n) is 10.2. The second-order valence-corrected chi connectivity index (χ2v) is 7.84. The van der Waals surface area contributed by atoms with E-state index in [0.29, 0.717) is 17.1 Å². The third-order valence-electron chi connectivity index (χ3n) is 5.94. The van der Waals surface area contributed by atoms with Crippen LogP contribution in [0.25, 0.3) is 5.70 Å². The Morgan fingerprint density at radius 1 is 1.23 bits per heavy atom. The average molecular weight is 406 g/mol. The molecule has 5 rings (SSSR count). The molecule has 1 saturated heterocycles. The van der Waals surface area contributed by atoms with E-state index in [4.69, 9.17) is 16.5 Å². The molecule has 1 fully saturated rings. The molecular weight excluding hydrogens is 380 g/mol. The lowest BCUT2D eigenvalue weighted by Crippen LogP contribution is -2.59. The molecule has 1 aromatic heterocycles. The van der Waals surface area contributed by atoms with Gasteiger partial charge in [0, 0.05) is 62.3 Å². The minimum absolute atomic E-state index is 0.152. The Kier molecular flexibility index (Phi) is 4.59. The van der Waals surface area contributed by atoms with Crippen LogP contribution in [0.5, 0.6) is 5.75 Å². The molecular formula is C21H26N8O. The third kappa shape index (κ3) is 3.26. The Hall–Kier alpha value is -3.46. The molecule has 7 N–H and O–H groups in total. The summed E-state index contributed by atoms with van der Waals surface area (Å²) in [5, 5.41) is 16.7. The van der Waals surface area contributed by atoms with Gasteiger partial charge in [0.2, 0.25) is 5.95 Å². The van der Waals surface area contributed by atoms with Crippen molar-refractivity contribution in [1.82, 2.24) is 25.5 Å². The average Bonchev–Trinajstić information content (AvgIpc) is 3.23. The van der Waals surface area contributed by atoms with Gasteiger partial charge in [0.25, 0.3) is 0 Å². The predicted molar refractivity (Wildman–Crippen MR) is 115 cm³/mol. The summed E-state index contributed by atoms with van der Waals surface area (Å²) in [5.41, 5.74) is 16.8. The fourth-order valence-electron chi connectivity index (χ4n) is 4.31. The van der Waals surface area contributed by atoms with E-state index < -0.39 is 0 Å². The van der Waals surface area contributed by atoms with Gasteiger partial charge in [0.05, 0.1) is 17.4 Å². The zero-order chi connectivity index (χ0) is 20.7. The normalized spacial score (nSPS) is 21.3. The predicted octanol–water partition coefficient (Wildman–Crippen LogP) is 0.00680. The van der Waals surface area contributed by atoms with Crippen molar-refractivity contribution in [1.29, 1.82) is 0 Å². The van der Waals surface area contributed by atoms with Crippen LogP contribution in [-0.2, 0) is 13.1 Å². The van der Waals surface area contributed by atoms with Crippen LogP contribution in [0.1, 0.15) is 16.8 Å². The van der Waals surface area contributed by atoms with Crippen molar-refractivity contribution in [3.63, 3.8) is 0 Å². The number of piperazine rings is 1.